The SMILES string of the molecule is CC(=O)N1CC2=C(C1=O)C(c1cccc(OCC(N)=O)c1)c1cn(CCC(C)C)c3cccc(c13)N2. The molecule has 0 bridgehead atoms. The number of nitrogens with one attached hydrogen (secondary N) is 1. The number of aryl methyl sites for hydroxylation is 1. The molecule has 3 aromatic rings. The van der Waals surface area contributed by atoms with E-state index in [9.17, 15) is 14.4 Å². The third-order valence-corrected chi connectivity index (χ3v) is 6.84. The summed E-state index contributed by atoms with van der Waals surface area (Å²) in [5, 5.41) is 4.55. The summed E-state index contributed by atoms with van der Waals surface area (Å²) in [7, 11) is 0. The van der Waals surface area contributed by atoms with Crippen LogP contribution < -0.4 is 15.8 Å². The number of benzene rings is 2. The number of ether oxygens (including phenoxy) is 1. The number of aromatic nitrogens is 1. The third-order valence-electron chi connectivity index (χ3n) is 6.84. The lowest BCUT2D eigenvalue weighted by molar-refractivity contribution is -0.139. The van der Waals surface area contributed by atoms with Gasteiger partial charge in [-0.15, -0.1) is 0 Å². The van der Waals surface area contributed by atoms with E-state index < -0.39 is 11.8 Å². The standard InChI is InChI=1S/C28H30N4O4/c1-16(2)10-11-31-13-20-25(18-6-4-7-19(12-18)36-15-24(29)34)27-22(14-32(17(3)33)28(27)35)30-21-8-5-9-23(31)26(20)21/h4-9,12-13,16,25,30H,10-11,14-15H2,1-3H3,(H2,29,34). The quantitative estimate of drug-likeness (QED) is 0.529. The molecular weight excluding hydrogens is 456 g/mol. The molecule has 0 radical (unpaired) electrons. The Morgan fingerprint density at radius 1 is 1.19 bits per heavy atom. The van der Waals surface area contributed by atoms with Gasteiger partial charge in [-0.05, 0) is 47.7 Å². The summed E-state index contributed by atoms with van der Waals surface area (Å²) in [5.74, 6) is -0.541. The molecule has 2 aromatic carbocycles. The van der Waals surface area contributed by atoms with Crippen LogP contribution in [0.5, 0.6) is 5.75 Å². The summed E-state index contributed by atoms with van der Waals surface area (Å²) < 4.78 is 7.83. The van der Waals surface area contributed by atoms with E-state index in [1.807, 2.05) is 30.3 Å². The van der Waals surface area contributed by atoms with Gasteiger partial charge < -0.3 is 20.4 Å². The minimum Gasteiger partial charge on any atom is -0.484 e. The van der Waals surface area contributed by atoms with Crippen molar-refractivity contribution in [2.24, 2.45) is 11.7 Å². The first-order valence-electron chi connectivity index (χ1n) is 12.2. The maximum Gasteiger partial charge on any atom is 0.259 e. The number of nitrogens with two attached hydrogens (primary N) is 1. The number of primary amides is 1. The van der Waals surface area contributed by atoms with Crippen LogP contribution in [0.1, 0.15) is 44.2 Å². The zero-order valence-electron chi connectivity index (χ0n) is 20.7. The van der Waals surface area contributed by atoms with Crippen molar-refractivity contribution in [1.29, 1.82) is 0 Å². The van der Waals surface area contributed by atoms with Crippen molar-refractivity contribution < 1.29 is 19.1 Å². The normalized spacial score (nSPS) is 16.8. The Morgan fingerprint density at radius 2 is 1.97 bits per heavy atom. The molecule has 0 spiro atoms. The molecule has 0 aliphatic carbocycles. The maximum atomic E-state index is 13.6. The molecule has 2 aliphatic rings. The summed E-state index contributed by atoms with van der Waals surface area (Å²) in [6.45, 7) is 6.63. The molecular formula is C28H30N4O4. The zero-order chi connectivity index (χ0) is 25.6. The van der Waals surface area contributed by atoms with E-state index >= 15 is 0 Å². The fourth-order valence-corrected chi connectivity index (χ4v) is 5.14. The number of nitrogens with zero attached hydrogens (tertiary/aromatic N) is 2. The smallest absolute Gasteiger partial charge is 0.259 e. The minimum atomic E-state index is -0.565. The van der Waals surface area contributed by atoms with Gasteiger partial charge in [-0.1, -0.05) is 32.0 Å². The van der Waals surface area contributed by atoms with E-state index in [1.54, 1.807) is 6.07 Å². The van der Waals surface area contributed by atoms with Crippen LogP contribution in [0.2, 0.25) is 0 Å². The van der Waals surface area contributed by atoms with Crippen molar-refractivity contribution in [2.75, 3.05) is 18.5 Å². The summed E-state index contributed by atoms with van der Waals surface area (Å²) >= 11 is 0. The Hall–Kier alpha value is -4.07. The molecule has 3 amide bonds. The van der Waals surface area contributed by atoms with Gasteiger partial charge in [0.2, 0.25) is 5.91 Å². The predicted octanol–water partition coefficient (Wildman–Crippen LogP) is 3.75. The molecule has 0 saturated heterocycles. The second kappa shape index (κ2) is 9.18. The van der Waals surface area contributed by atoms with E-state index in [4.69, 9.17) is 10.5 Å². The van der Waals surface area contributed by atoms with E-state index in [-0.39, 0.29) is 25.0 Å². The highest BCUT2D eigenvalue weighted by Crippen LogP contribution is 2.47. The fraction of sp³-hybridized carbons (Fsp3) is 0.321. The van der Waals surface area contributed by atoms with Gasteiger partial charge in [0.15, 0.2) is 6.61 Å². The van der Waals surface area contributed by atoms with Crippen LogP contribution in [0.4, 0.5) is 5.69 Å². The van der Waals surface area contributed by atoms with E-state index in [0.29, 0.717) is 17.2 Å². The van der Waals surface area contributed by atoms with Gasteiger partial charge in [0.25, 0.3) is 11.8 Å². The van der Waals surface area contributed by atoms with Crippen molar-refractivity contribution in [3.8, 4) is 5.75 Å². The fourth-order valence-electron chi connectivity index (χ4n) is 5.14. The zero-order valence-corrected chi connectivity index (χ0v) is 20.7. The van der Waals surface area contributed by atoms with Gasteiger partial charge in [0, 0.05) is 42.4 Å². The van der Waals surface area contributed by atoms with Gasteiger partial charge in [0.05, 0.1) is 17.6 Å². The lowest BCUT2D eigenvalue weighted by Crippen LogP contribution is -2.33. The van der Waals surface area contributed by atoms with Crippen molar-refractivity contribution in [2.45, 2.75) is 39.7 Å². The van der Waals surface area contributed by atoms with Crippen LogP contribution >= 0.6 is 0 Å². The molecule has 8 nitrogen and oxygen atoms in total. The molecule has 8 heteroatoms. The van der Waals surface area contributed by atoms with Crippen molar-refractivity contribution >= 4 is 34.3 Å². The van der Waals surface area contributed by atoms with Crippen LogP contribution in [-0.2, 0) is 20.9 Å². The predicted molar refractivity (Wildman–Crippen MR) is 137 cm³/mol. The summed E-state index contributed by atoms with van der Waals surface area (Å²) in [4.78, 5) is 38.5. The topological polar surface area (TPSA) is 107 Å². The Kier molecular flexibility index (Phi) is 6.04. The number of rotatable bonds is 7. The van der Waals surface area contributed by atoms with E-state index in [2.05, 4.69) is 36.0 Å². The first-order valence-corrected chi connectivity index (χ1v) is 12.2. The van der Waals surface area contributed by atoms with E-state index in [1.165, 1.54) is 11.8 Å². The number of hydrogen-bond acceptors (Lipinski definition) is 5. The Labute approximate surface area is 209 Å². The second-order valence-corrected chi connectivity index (χ2v) is 9.85. The highest BCUT2D eigenvalue weighted by Gasteiger charge is 2.41. The summed E-state index contributed by atoms with van der Waals surface area (Å²) in [6, 6.07) is 13.5. The van der Waals surface area contributed by atoms with Crippen LogP contribution in [0.15, 0.2) is 59.9 Å². The minimum absolute atomic E-state index is 0.200. The molecule has 1 unspecified atom stereocenters. The van der Waals surface area contributed by atoms with Gasteiger partial charge in [-0.2, -0.15) is 0 Å². The van der Waals surface area contributed by atoms with Gasteiger partial charge in [-0.25, -0.2) is 0 Å². The lowest BCUT2D eigenvalue weighted by Gasteiger charge is -2.20. The molecule has 3 N–H and O–H groups in total. The van der Waals surface area contributed by atoms with Gasteiger partial charge >= 0.3 is 0 Å². The Balaban J connectivity index is 1.70. The monoisotopic (exact) mass is 486 g/mol. The number of hydrogen-bond donors (Lipinski definition) is 2. The largest absolute Gasteiger partial charge is 0.484 e. The summed E-state index contributed by atoms with van der Waals surface area (Å²) in [5.41, 5.74) is 10.4. The maximum absolute atomic E-state index is 13.6. The van der Waals surface area contributed by atoms with Gasteiger partial charge in [-0.3, -0.25) is 19.3 Å². The molecule has 0 saturated carbocycles. The number of anilines is 1. The molecule has 5 rings (SSSR count). The first-order chi connectivity index (χ1) is 17.2. The number of carbonyl (C=O) groups excluding carboxylic acids is 3. The average Bonchev–Trinajstić information content (AvgIpc) is 3.31. The van der Waals surface area contributed by atoms with Crippen LogP contribution in [0.3, 0.4) is 0 Å². The summed E-state index contributed by atoms with van der Waals surface area (Å²) in [6.07, 6.45) is 3.16. The Bertz CT molecular complexity index is 1420. The second-order valence-electron chi connectivity index (χ2n) is 9.85. The molecule has 36 heavy (non-hydrogen) atoms. The van der Waals surface area contributed by atoms with Crippen LogP contribution in [0, 0.1) is 5.92 Å². The van der Waals surface area contributed by atoms with Crippen molar-refractivity contribution in [3.63, 3.8) is 0 Å². The van der Waals surface area contributed by atoms with Crippen molar-refractivity contribution in [3.05, 3.63) is 71.1 Å². The molecule has 1 atom stereocenters. The lowest BCUT2D eigenvalue weighted by atomic mass is 9.84. The van der Waals surface area contributed by atoms with Crippen LogP contribution in [-0.4, -0.2) is 40.3 Å². The first kappa shape index (κ1) is 23.7. The van der Waals surface area contributed by atoms with Crippen molar-refractivity contribution in [1.82, 2.24) is 9.47 Å². The molecule has 3 heterocycles. The number of amides is 3. The third kappa shape index (κ3) is 4.12. The molecule has 0 fully saturated rings. The Morgan fingerprint density at radius 3 is 2.69 bits per heavy atom. The number of carbonyl (C=O) groups is 3. The highest BCUT2D eigenvalue weighted by molar-refractivity contribution is 6.11. The highest BCUT2D eigenvalue weighted by atomic mass is 16.5. The van der Waals surface area contributed by atoms with Crippen LogP contribution in [0.25, 0.3) is 10.9 Å². The van der Waals surface area contributed by atoms with Gasteiger partial charge in [0.1, 0.15) is 5.75 Å². The molecule has 1 aromatic heterocycles. The number of imide groups is 1. The molecule has 2 aliphatic heterocycles. The molecule has 186 valence electrons. The average molecular weight is 487 g/mol. The van der Waals surface area contributed by atoms with E-state index in [0.717, 1.165) is 46.4 Å².